The molecule has 4 aromatic rings. The SMILES string of the molecule is CC(C)Cn1nc2c(-c3ccc(Cl)cc3)c(-c3ccc(Cl)cc3)c(CC(=O)O)nn2c1=O. The summed E-state index contributed by atoms with van der Waals surface area (Å²) in [5.41, 5.74) is 2.82. The molecule has 7 nitrogen and oxygen atoms in total. The second-order valence-corrected chi connectivity index (χ2v) is 8.75. The molecule has 0 atom stereocenters. The molecule has 0 aliphatic rings. The number of carbonyl (C=O) groups is 1. The van der Waals surface area contributed by atoms with Crippen molar-refractivity contribution in [3.8, 4) is 22.3 Å². The zero-order valence-electron chi connectivity index (χ0n) is 17.4. The number of aromatic nitrogens is 4. The van der Waals surface area contributed by atoms with Gasteiger partial charge >= 0.3 is 11.7 Å². The lowest BCUT2D eigenvalue weighted by Gasteiger charge is -2.15. The Balaban J connectivity index is 2.14. The predicted octanol–water partition coefficient (Wildman–Crippen LogP) is 4.81. The van der Waals surface area contributed by atoms with Crippen LogP contribution in [0.3, 0.4) is 0 Å². The van der Waals surface area contributed by atoms with Gasteiger partial charge in [-0.1, -0.05) is 61.3 Å². The van der Waals surface area contributed by atoms with Gasteiger partial charge in [-0.2, -0.15) is 9.61 Å². The van der Waals surface area contributed by atoms with Gasteiger partial charge in [-0.05, 0) is 41.3 Å². The van der Waals surface area contributed by atoms with Crippen molar-refractivity contribution in [1.82, 2.24) is 19.4 Å². The third-order valence-corrected chi connectivity index (χ3v) is 5.43. The van der Waals surface area contributed by atoms with Gasteiger partial charge in [0.2, 0.25) is 0 Å². The van der Waals surface area contributed by atoms with E-state index in [0.29, 0.717) is 33.4 Å². The lowest BCUT2D eigenvalue weighted by Crippen LogP contribution is -2.25. The third-order valence-electron chi connectivity index (χ3n) is 4.92. The van der Waals surface area contributed by atoms with E-state index in [4.69, 9.17) is 23.2 Å². The van der Waals surface area contributed by atoms with Crippen molar-refractivity contribution in [2.75, 3.05) is 0 Å². The highest BCUT2D eigenvalue weighted by Gasteiger charge is 2.24. The first-order valence-electron chi connectivity index (χ1n) is 10.0. The van der Waals surface area contributed by atoms with Gasteiger partial charge in [0.25, 0.3) is 0 Å². The first kappa shape index (κ1) is 22.0. The molecule has 0 aliphatic heterocycles. The molecule has 9 heteroatoms. The first-order chi connectivity index (χ1) is 15.2. The second kappa shape index (κ2) is 8.76. The minimum atomic E-state index is -1.06. The number of aliphatic carboxylic acids is 1. The Labute approximate surface area is 193 Å². The van der Waals surface area contributed by atoms with Crippen molar-refractivity contribution in [3.63, 3.8) is 0 Å². The van der Waals surface area contributed by atoms with E-state index in [0.717, 1.165) is 11.1 Å². The number of hydrogen-bond acceptors (Lipinski definition) is 4. The van der Waals surface area contributed by atoms with E-state index < -0.39 is 11.7 Å². The monoisotopic (exact) mass is 470 g/mol. The number of fused-ring (bicyclic) bond motifs is 1. The molecule has 1 N–H and O–H groups in total. The van der Waals surface area contributed by atoms with Crippen LogP contribution in [0.5, 0.6) is 0 Å². The highest BCUT2D eigenvalue weighted by atomic mass is 35.5. The summed E-state index contributed by atoms with van der Waals surface area (Å²) < 4.78 is 2.55. The number of rotatable bonds is 6. The van der Waals surface area contributed by atoms with Crippen molar-refractivity contribution in [3.05, 3.63) is 74.8 Å². The number of hydrogen-bond donors (Lipinski definition) is 1. The summed E-state index contributed by atoms with van der Waals surface area (Å²) in [6, 6.07) is 14.1. The van der Waals surface area contributed by atoms with Crippen molar-refractivity contribution >= 4 is 34.8 Å². The van der Waals surface area contributed by atoms with Gasteiger partial charge in [0.15, 0.2) is 5.65 Å². The third kappa shape index (κ3) is 4.26. The summed E-state index contributed by atoms with van der Waals surface area (Å²) in [4.78, 5) is 24.7. The van der Waals surface area contributed by atoms with Gasteiger partial charge in [0, 0.05) is 27.7 Å². The molecule has 164 valence electrons. The van der Waals surface area contributed by atoms with Crippen LogP contribution in [0.15, 0.2) is 53.3 Å². The Morgan fingerprint density at radius 2 is 1.47 bits per heavy atom. The second-order valence-electron chi connectivity index (χ2n) is 7.87. The maximum Gasteiger partial charge on any atom is 0.367 e. The number of carboxylic acids is 1. The van der Waals surface area contributed by atoms with Crippen LogP contribution in [0.25, 0.3) is 27.9 Å². The molecule has 4 rings (SSSR count). The first-order valence-corrected chi connectivity index (χ1v) is 10.8. The van der Waals surface area contributed by atoms with Gasteiger partial charge in [-0.15, -0.1) is 5.10 Å². The largest absolute Gasteiger partial charge is 0.481 e. The summed E-state index contributed by atoms with van der Waals surface area (Å²) in [7, 11) is 0. The number of carboxylic acid groups (broad SMARTS) is 1. The van der Waals surface area contributed by atoms with E-state index in [1.165, 1.54) is 9.20 Å². The zero-order valence-corrected chi connectivity index (χ0v) is 18.9. The summed E-state index contributed by atoms with van der Waals surface area (Å²) in [6.45, 7) is 4.38. The highest BCUT2D eigenvalue weighted by Crippen LogP contribution is 2.37. The maximum absolute atomic E-state index is 13.0. The molecule has 0 saturated carbocycles. The van der Waals surface area contributed by atoms with Gasteiger partial charge < -0.3 is 5.11 Å². The van der Waals surface area contributed by atoms with E-state index in [-0.39, 0.29) is 18.0 Å². The van der Waals surface area contributed by atoms with Crippen LogP contribution in [0, 0.1) is 5.92 Å². The van der Waals surface area contributed by atoms with E-state index >= 15 is 0 Å². The smallest absolute Gasteiger partial charge is 0.367 e. The maximum atomic E-state index is 13.0. The molecule has 0 radical (unpaired) electrons. The Kier molecular flexibility index (Phi) is 6.04. The molecule has 0 aliphatic carbocycles. The molecule has 32 heavy (non-hydrogen) atoms. The zero-order chi connectivity index (χ0) is 23.0. The van der Waals surface area contributed by atoms with E-state index in [9.17, 15) is 14.7 Å². The Hall–Kier alpha value is -3.16. The summed E-state index contributed by atoms with van der Waals surface area (Å²) in [5.74, 6) is -0.873. The molecule has 0 saturated heterocycles. The number of halogens is 2. The Bertz CT molecular complexity index is 1360. The average molecular weight is 471 g/mol. The fourth-order valence-electron chi connectivity index (χ4n) is 3.62. The lowest BCUT2D eigenvalue weighted by atomic mass is 9.93. The minimum absolute atomic E-state index is 0.186. The standard InChI is InChI=1S/C23H20Cl2N4O3/c1-13(2)12-28-23(32)29-22(27-28)21(15-5-9-17(25)10-6-15)20(18(26-29)11-19(30)31)14-3-7-16(24)8-4-14/h3-10,13H,11-12H2,1-2H3,(H,30,31). The molecular weight excluding hydrogens is 451 g/mol. The molecule has 2 aromatic carbocycles. The molecular formula is C23H20Cl2N4O3. The molecule has 0 unspecified atom stereocenters. The molecule has 0 amide bonds. The van der Waals surface area contributed by atoms with Gasteiger partial charge in [0.05, 0.1) is 12.1 Å². The number of benzene rings is 2. The quantitative estimate of drug-likeness (QED) is 0.436. The van der Waals surface area contributed by atoms with Crippen LogP contribution in [0.2, 0.25) is 10.0 Å². The van der Waals surface area contributed by atoms with Crippen molar-refractivity contribution in [1.29, 1.82) is 0 Å². The minimum Gasteiger partial charge on any atom is -0.481 e. The van der Waals surface area contributed by atoms with Gasteiger partial charge in [-0.25, -0.2) is 9.48 Å². The number of nitrogens with zero attached hydrogens (tertiary/aromatic N) is 4. The topological polar surface area (TPSA) is 89.5 Å². The van der Waals surface area contributed by atoms with Gasteiger partial charge in [0.1, 0.15) is 0 Å². The van der Waals surface area contributed by atoms with Crippen LogP contribution in [-0.2, 0) is 17.8 Å². The van der Waals surface area contributed by atoms with E-state index in [1.807, 2.05) is 26.0 Å². The summed E-state index contributed by atoms with van der Waals surface area (Å²) >= 11 is 12.2. The highest BCUT2D eigenvalue weighted by molar-refractivity contribution is 6.31. The van der Waals surface area contributed by atoms with Crippen LogP contribution >= 0.6 is 23.2 Å². The molecule has 2 heterocycles. The van der Waals surface area contributed by atoms with Crippen LogP contribution in [0.1, 0.15) is 19.5 Å². The normalized spacial score (nSPS) is 11.4. The molecule has 0 bridgehead atoms. The van der Waals surface area contributed by atoms with Crippen molar-refractivity contribution in [2.45, 2.75) is 26.8 Å². The fraction of sp³-hybridized carbons (Fsp3) is 0.217. The Morgan fingerprint density at radius 3 is 1.97 bits per heavy atom. The van der Waals surface area contributed by atoms with Crippen LogP contribution in [0.4, 0.5) is 0 Å². The Morgan fingerprint density at radius 1 is 0.938 bits per heavy atom. The molecule has 2 aromatic heterocycles. The lowest BCUT2D eigenvalue weighted by molar-refractivity contribution is -0.136. The van der Waals surface area contributed by atoms with Crippen molar-refractivity contribution < 1.29 is 9.90 Å². The van der Waals surface area contributed by atoms with E-state index in [1.54, 1.807) is 36.4 Å². The predicted molar refractivity (Wildman–Crippen MR) is 124 cm³/mol. The van der Waals surface area contributed by atoms with E-state index in [2.05, 4.69) is 10.2 Å². The van der Waals surface area contributed by atoms with Gasteiger partial charge in [-0.3, -0.25) is 4.79 Å². The average Bonchev–Trinajstić information content (AvgIpc) is 3.03. The van der Waals surface area contributed by atoms with Crippen LogP contribution < -0.4 is 5.69 Å². The van der Waals surface area contributed by atoms with Crippen LogP contribution in [-0.4, -0.2) is 30.5 Å². The summed E-state index contributed by atoms with van der Waals surface area (Å²) in [5, 5.41) is 19.7. The van der Waals surface area contributed by atoms with Crippen molar-refractivity contribution in [2.24, 2.45) is 5.92 Å². The molecule has 0 fully saturated rings. The summed E-state index contributed by atoms with van der Waals surface area (Å²) in [6.07, 6.45) is -0.365. The fourth-order valence-corrected chi connectivity index (χ4v) is 3.87. The molecule has 0 spiro atoms.